The van der Waals surface area contributed by atoms with Gasteiger partial charge in [-0.2, -0.15) is 0 Å². The second-order valence-corrected chi connectivity index (χ2v) is 8.56. The molecule has 36 heavy (non-hydrogen) atoms. The molecule has 0 radical (unpaired) electrons. The van der Waals surface area contributed by atoms with Crippen LogP contribution in [0.3, 0.4) is 0 Å². The van der Waals surface area contributed by atoms with Crippen molar-refractivity contribution in [3.05, 3.63) is 65.1 Å². The molecule has 0 aliphatic carbocycles. The van der Waals surface area contributed by atoms with E-state index in [1.807, 2.05) is 0 Å². The number of rotatable bonds is 7. The topological polar surface area (TPSA) is 69.7 Å². The molecule has 1 aliphatic heterocycles. The minimum atomic E-state index is -4.87. The van der Waals surface area contributed by atoms with Gasteiger partial charge in [0.1, 0.15) is 5.82 Å². The van der Waals surface area contributed by atoms with Gasteiger partial charge in [0, 0.05) is 44.9 Å². The van der Waals surface area contributed by atoms with Crippen molar-refractivity contribution in [1.29, 1.82) is 0 Å². The summed E-state index contributed by atoms with van der Waals surface area (Å²) in [4.78, 5) is 15.1. The second kappa shape index (κ2) is 11.5. The van der Waals surface area contributed by atoms with Crippen molar-refractivity contribution in [2.75, 3.05) is 26.8 Å². The van der Waals surface area contributed by atoms with Gasteiger partial charge in [-0.3, -0.25) is 4.79 Å². The van der Waals surface area contributed by atoms with E-state index >= 15 is 0 Å². The predicted molar refractivity (Wildman–Crippen MR) is 130 cm³/mol. The number of nitrogens with two attached hydrogens (primary N) is 1. The predicted octanol–water partition coefficient (Wildman–Crippen LogP) is 5.23. The number of methoxy groups -OCH3 is 1. The van der Waals surface area contributed by atoms with Gasteiger partial charge in [-0.05, 0) is 42.0 Å². The first-order chi connectivity index (χ1) is 16.7. The summed E-state index contributed by atoms with van der Waals surface area (Å²) in [5, 5.41) is 0.372. The van der Waals surface area contributed by atoms with Crippen LogP contribution in [0, 0.1) is 5.82 Å². The number of carbonyl (C=O) groups excluding carboxylic acids is 1. The number of halogens is 5. The van der Waals surface area contributed by atoms with Gasteiger partial charge in [0.15, 0.2) is 5.75 Å². The Morgan fingerprint density at radius 1 is 1.17 bits per heavy atom. The number of amides is 1. The number of para-hydroxylation sites is 1. The molecule has 1 amide bonds. The van der Waals surface area contributed by atoms with Gasteiger partial charge in [-0.25, -0.2) is 4.39 Å². The van der Waals surface area contributed by atoms with Crippen molar-refractivity contribution in [3.63, 3.8) is 0 Å². The molecule has 2 N–H and O–H groups in total. The van der Waals surface area contributed by atoms with Gasteiger partial charge in [0.05, 0.1) is 17.7 Å². The highest BCUT2D eigenvalue weighted by Crippen LogP contribution is 2.36. The molecule has 0 atom stereocenters. The number of fused-ring (bicyclic) bond motifs is 1. The smallest absolute Gasteiger partial charge is 0.404 e. The number of ether oxygens (including phenoxy) is 2. The Kier molecular flexibility index (Phi) is 8.86. The maximum absolute atomic E-state index is 14.4. The summed E-state index contributed by atoms with van der Waals surface area (Å²) in [6.45, 7) is 1.62. The second-order valence-electron chi connectivity index (χ2n) is 8.56. The normalized spacial score (nSPS) is 14.7. The molecule has 1 aromatic heterocycles. The van der Waals surface area contributed by atoms with Crippen LogP contribution < -0.4 is 10.5 Å². The van der Waals surface area contributed by atoms with E-state index in [1.165, 1.54) is 25.3 Å². The first-order valence-corrected chi connectivity index (χ1v) is 11.4. The summed E-state index contributed by atoms with van der Waals surface area (Å²) in [5.41, 5.74) is 7.61. The van der Waals surface area contributed by atoms with E-state index in [1.54, 1.807) is 33.9 Å². The van der Waals surface area contributed by atoms with Gasteiger partial charge < -0.3 is 24.7 Å². The van der Waals surface area contributed by atoms with E-state index in [0.29, 0.717) is 49.0 Å². The summed E-state index contributed by atoms with van der Waals surface area (Å²) >= 11 is 0. The van der Waals surface area contributed by atoms with Crippen molar-refractivity contribution in [1.82, 2.24) is 9.47 Å². The number of aromatic nitrogens is 1. The summed E-state index contributed by atoms with van der Waals surface area (Å²) in [7, 11) is 1.49. The SMILES string of the molecule is COCCn1cc(C(=O)N2CCC(c3cc(CN)ccc3F)CC2)c2cccc(OC(F)(F)F)c21.Cl. The zero-order chi connectivity index (χ0) is 25.2. The highest BCUT2D eigenvalue weighted by Gasteiger charge is 2.33. The maximum atomic E-state index is 14.4. The standard InChI is InChI=1S/C25H27F4N3O3.ClH/c1-34-12-11-32-15-20(18-3-2-4-22(23(18)32)35-25(27,28)29)24(33)31-9-7-17(8-10-31)19-13-16(14-30)5-6-21(19)26;/h2-6,13,15,17H,7-12,14,30H2,1H3;1H. The zero-order valence-electron chi connectivity index (χ0n) is 19.7. The summed E-state index contributed by atoms with van der Waals surface area (Å²) in [5.74, 6) is -0.991. The lowest BCUT2D eigenvalue weighted by Gasteiger charge is -2.32. The van der Waals surface area contributed by atoms with Crippen LogP contribution in [-0.4, -0.2) is 48.5 Å². The minimum Gasteiger partial charge on any atom is -0.404 e. The Morgan fingerprint density at radius 3 is 2.53 bits per heavy atom. The Bertz CT molecular complexity index is 1210. The molecular formula is C25H28ClF4N3O3. The van der Waals surface area contributed by atoms with E-state index in [-0.39, 0.29) is 54.5 Å². The quantitative estimate of drug-likeness (QED) is 0.426. The van der Waals surface area contributed by atoms with Gasteiger partial charge >= 0.3 is 6.36 Å². The van der Waals surface area contributed by atoms with Crippen LogP contribution >= 0.6 is 12.4 Å². The molecular weight excluding hydrogens is 502 g/mol. The fourth-order valence-corrected chi connectivity index (χ4v) is 4.67. The molecule has 2 heterocycles. The largest absolute Gasteiger partial charge is 0.573 e. The zero-order valence-corrected chi connectivity index (χ0v) is 20.5. The number of hydrogen-bond acceptors (Lipinski definition) is 4. The first kappa shape index (κ1) is 27.8. The third kappa shape index (κ3) is 5.93. The maximum Gasteiger partial charge on any atom is 0.573 e. The van der Waals surface area contributed by atoms with E-state index in [9.17, 15) is 22.4 Å². The molecule has 1 saturated heterocycles. The van der Waals surface area contributed by atoms with E-state index in [0.717, 1.165) is 5.56 Å². The third-order valence-electron chi connectivity index (χ3n) is 6.37. The molecule has 0 bridgehead atoms. The number of piperidine rings is 1. The lowest BCUT2D eigenvalue weighted by Crippen LogP contribution is -2.38. The molecule has 0 saturated carbocycles. The van der Waals surface area contributed by atoms with E-state index in [4.69, 9.17) is 10.5 Å². The van der Waals surface area contributed by atoms with Crippen LogP contribution in [0.5, 0.6) is 5.75 Å². The Labute approximate surface area is 212 Å². The van der Waals surface area contributed by atoms with Crippen molar-refractivity contribution in [2.24, 2.45) is 5.73 Å². The van der Waals surface area contributed by atoms with Crippen molar-refractivity contribution in [3.8, 4) is 5.75 Å². The van der Waals surface area contributed by atoms with Crippen LogP contribution in [-0.2, 0) is 17.8 Å². The van der Waals surface area contributed by atoms with Crippen molar-refractivity contribution in [2.45, 2.75) is 38.2 Å². The van der Waals surface area contributed by atoms with Crippen molar-refractivity contribution < 1.29 is 31.8 Å². The van der Waals surface area contributed by atoms with Crippen LogP contribution in [0.25, 0.3) is 10.9 Å². The van der Waals surface area contributed by atoms with Crippen LogP contribution in [0.4, 0.5) is 17.6 Å². The van der Waals surface area contributed by atoms with Gasteiger partial charge in [0.25, 0.3) is 5.91 Å². The number of likely N-dealkylation sites (tertiary alicyclic amines) is 1. The average Bonchev–Trinajstić information content (AvgIpc) is 3.21. The highest BCUT2D eigenvalue weighted by molar-refractivity contribution is 6.08. The summed E-state index contributed by atoms with van der Waals surface area (Å²) < 4.78 is 64.3. The number of benzene rings is 2. The summed E-state index contributed by atoms with van der Waals surface area (Å²) in [6.07, 6.45) is -2.18. The molecule has 0 spiro atoms. The number of hydrogen-bond donors (Lipinski definition) is 1. The first-order valence-electron chi connectivity index (χ1n) is 11.4. The third-order valence-corrected chi connectivity index (χ3v) is 6.37. The Morgan fingerprint density at radius 2 is 1.89 bits per heavy atom. The fraction of sp³-hybridized carbons (Fsp3) is 0.400. The minimum absolute atomic E-state index is 0. The molecule has 6 nitrogen and oxygen atoms in total. The average molecular weight is 530 g/mol. The van der Waals surface area contributed by atoms with Gasteiger partial charge in [0.2, 0.25) is 0 Å². The molecule has 2 aromatic carbocycles. The van der Waals surface area contributed by atoms with E-state index in [2.05, 4.69) is 4.74 Å². The number of carbonyl (C=O) groups is 1. The number of alkyl halides is 3. The Balaban J connectivity index is 0.00000361. The fourth-order valence-electron chi connectivity index (χ4n) is 4.67. The molecule has 1 aliphatic rings. The highest BCUT2D eigenvalue weighted by atomic mass is 35.5. The molecule has 4 rings (SSSR count). The van der Waals surface area contributed by atoms with Gasteiger partial charge in [-0.1, -0.05) is 24.3 Å². The molecule has 1 fully saturated rings. The lowest BCUT2D eigenvalue weighted by atomic mass is 9.88. The monoisotopic (exact) mass is 529 g/mol. The molecule has 11 heteroatoms. The molecule has 0 unspecified atom stereocenters. The molecule has 3 aromatic rings. The summed E-state index contributed by atoms with van der Waals surface area (Å²) in [6, 6.07) is 9.12. The van der Waals surface area contributed by atoms with Crippen LogP contribution in [0.2, 0.25) is 0 Å². The lowest BCUT2D eigenvalue weighted by molar-refractivity contribution is -0.274. The van der Waals surface area contributed by atoms with Crippen LogP contribution in [0.15, 0.2) is 42.6 Å². The Hall–Kier alpha value is -2.82. The molecule has 196 valence electrons. The van der Waals surface area contributed by atoms with Crippen molar-refractivity contribution >= 4 is 29.2 Å². The van der Waals surface area contributed by atoms with Gasteiger partial charge in [-0.15, -0.1) is 25.6 Å². The van der Waals surface area contributed by atoms with Crippen LogP contribution in [0.1, 0.15) is 40.2 Å². The number of nitrogens with zero attached hydrogens (tertiary/aromatic N) is 2. The van der Waals surface area contributed by atoms with E-state index < -0.39 is 6.36 Å².